The zero-order valence-electron chi connectivity index (χ0n) is 17.8. The van der Waals surface area contributed by atoms with E-state index in [2.05, 4.69) is 5.32 Å². The minimum absolute atomic E-state index is 0.121. The maximum absolute atomic E-state index is 12.9. The number of carbonyl (C=O) groups is 3. The van der Waals surface area contributed by atoms with Crippen LogP contribution in [0.3, 0.4) is 0 Å². The first kappa shape index (κ1) is 23.4. The van der Waals surface area contributed by atoms with Gasteiger partial charge in [0.25, 0.3) is 11.8 Å². The van der Waals surface area contributed by atoms with E-state index in [1.54, 1.807) is 30.3 Å². The van der Waals surface area contributed by atoms with Gasteiger partial charge in [-0.1, -0.05) is 35.3 Å². The lowest BCUT2D eigenvalue weighted by molar-refractivity contribution is -0.130. The highest BCUT2D eigenvalue weighted by atomic mass is 35.5. The number of carbonyl (C=O) groups excluding carboxylic acids is 3. The van der Waals surface area contributed by atoms with Gasteiger partial charge in [0, 0.05) is 5.02 Å². The molecule has 0 spiro atoms. The maximum atomic E-state index is 12.9. The van der Waals surface area contributed by atoms with Crippen molar-refractivity contribution in [3.8, 4) is 11.5 Å². The number of nitrogens with zero attached hydrogens (tertiary/aromatic N) is 1. The summed E-state index contributed by atoms with van der Waals surface area (Å²) in [6.45, 7) is 0.0995. The molecule has 4 amide bonds. The van der Waals surface area contributed by atoms with Crippen LogP contribution >= 0.6 is 23.2 Å². The van der Waals surface area contributed by atoms with E-state index in [0.29, 0.717) is 27.8 Å². The molecule has 10 heteroatoms. The summed E-state index contributed by atoms with van der Waals surface area (Å²) in [5, 5.41) is 2.99. The summed E-state index contributed by atoms with van der Waals surface area (Å²) in [6.07, 6.45) is 2.75. The molecule has 1 N–H and O–H groups in total. The molecule has 1 aromatic heterocycles. The van der Waals surface area contributed by atoms with Crippen molar-refractivity contribution in [2.24, 2.45) is 0 Å². The van der Waals surface area contributed by atoms with Gasteiger partial charge in [0.2, 0.25) is 0 Å². The van der Waals surface area contributed by atoms with Gasteiger partial charge in [-0.25, -0.2) is 4.79 Å². The van der Waals surface area contributed by atoms with Crippen molar-refractivity contribution in [3.05, 3.63) is 87.3 Å². The number of ether oxygens (including phenoxy) is 2. The van der Waals surface area contributed by atoms with Crippen LogP contribution in [-0.2, 0) is 22.7 Å². The van der Waals surface area contributed by atoms with Crippen LogP contribution in [0.4, 0.5) is 4.79 Å². The molecule has 174 valence electrons. The lowest BCUT2D eigenvalue weighted by Gasteiger charge is -2.25. The summed E-state index contributed by atoms with van der Waals surface area (Å²) >= 11 is 12.3. The molecule has 1 fully saturated rings. The van der Waals surface area contributed by atoms with Crippen molar-refractivity contribution in [1.29, 1.82) is 0 Å². The lowest BCUT2D eigenvalue weighted by Crippen LogP contribution is -2.53. The van der Waals surface area contributed by atoms with E-state index < -0.39 is 17.8 Å². The van der Waals surface area contributed by atoms with Crippen molar-refractivity contribution < 1.29 is 28.3 Å². The molecular formula is C24H18Cl2N2O6. The third-order valence-electron chi connectivity index (χ3n) is 4.94. The molecule has 0 saturated carbocycles. The second-order valence-corrected chi connectivity index (χ2v) is 8.08. The Kier molecular flexibility index (Phi) is 6.90. The molecule has 1 aliphatic heterocycles. The summed E-state index contributed by atoms with van der Waals surface area (Å²) in [6, 6.07) is 12.7. The first-order valence-corrected chi connectivity index (χ1v) is 10.8. The minimum Gasteiger partial charge on any atom is -0.493 e. The lowest BCUT2D eigenvalue weighted by atomic mass is 10.1. The molecule has 0 aliphatic carbocycles. The Morgan fingerprint density at radius 1 is 1.09 bits per heavy atom. The number of rotatable bonds is 7. The van der Waals surface area contributed by atoms with Crippen LogP contribution in [0.5, 0.6) is 11.5 Å². The van der Waals surface area contributed by atoms with Gasteiger partial charge >= 0.3 is 6.03 Å². The number of amides is 4. The van der Waals surface area contributed by atoms with Crippen molar-refractivity contribution in [2.45, 2.75) is 13.2 Å². The summed E-state index contributed by atoms with van der Waals surface area (Å²) in [7, 11) is 1.44. The van der Waals surface area contributed by atoms with Gasteiger partial charge in [-0.05, 0) is 53.6 Å². The van der Waals surface area contributed by atoms with Crippen LogP contribution in [0.15, 0.2) is 64.8 Å². The topological polar surface area (TPSA) is 98.1 Å². The number of barbiturate groups is 1. The molecule has 2 aromatic carbocycles. The Balaban J connectivity index is 1.59. The highest BCUT2D eigenvalue weighted by Gasteiger charge is 2.36. The van der Waals surface area contributed by atoms with Crippen LogP contribution in [0.25, 0.3) is 6.08 Å². The number of halogens is 2. The fourth-order valence-electron chi connectivity index (χ4n) is 3.26. The Hall–Kier alpha value is -3.75. The number of imide groups is 2. The Morgan fingerprint density at radius 2 is 1.85 bits per heavy atom. The molecule has 0 unspecified atom stereocenters. The van der Waals surface area contributed by atoms with Gasteiger partial charge in [0.15, 0.2) is 11.5 Å². The van der Waals surface area contributed by atoms with Crippen molar-refractivity contribution >= 4 is 47.1 Å². The molecule has 1 aliphatic rings. The van der Waals surface area contributed by atoms with Crippen LogP contribution in [0.2, 0.25) is 10.0 Å². The van der Waals surface area contributed by atoms with Crippen molar-refractivity contribution in [2.75, 3.05) is 7.11 Å². The molecule has 0 bridgehead atoms. The van der Waals surface area contributed by atoms with E-state index in [0.717, 1.165) is 10.5 Å². The zero-order valence-corrected chi connectivity index (χ0v) is 19.4. The fourth-order valence-corrected chi connectivity index (χ4v) is 3.66. The smallest absolute Gasteiger partial charge is 0.331 e. The number of furan rings is 1. The molecule has 34 heavy (non-hydrogen) atoms. The first-order valence-electron chi connectivity index (χ1n) is 10.0. The van der Waals surface area contributed by atoms with E-state index in [1.807, 2.05) is 12.1 Å². The number of hydrogen-bond acceptors (Lipinski definition) is 6. The van der Waals surface area contributed by atoms with Gasteiger partial charge in [-0.3, -0.25) is 19.8 Å². The number of hydrogen-bond donors (Lipinski definition) is 1. The van der Waals surface area contributed by atoms with E-state index in [1.165, 1.54) is 25.5 Å². The molecule has 3 aromatic rings. The molecule has 4 rings (SSSR count). The molecule has 1 saturated heterocycles. The van der Waals surface area contributed by atoms with E-state index in [4.69, 9.17) is 37.1 Å². The Bertz CT molecular complexity index is 1270. The summed E-state index contributed by atoms with van der Waals surface area (Å²) in [5.74, 6) is -0.577. The van der Waals surface area contributed by atoms with E-state index >= 15 is 0 Å². The first-order chi connectivity index (χ1) is 16.4. The molecule has 2 heterocycles. The van der Waals surface area contributed by atoms with Gasteiger partial charge in [-0.2, -0.15) is 0 Å². The molecule has 0 radical (unpaired) electrons. The molecular weight excluding hydrogens is 483 g/mol. The minimum atomic E-state index is -0.829. The summed E-state index contributed by atoms with van der Waals surface area (Å²) < 4.78 is 16.4. The quantitative estimate of drug-likeness (QED) is 0.368. The predicted molar refractivity (Wildman–Crippen MR) is 125 cm³/mol. The van der Waals surface area contributed by atoms with Crippen LogP contribution in [0, 0.1) is 0 Å². The Labute approximate surface area is 204 Å². The average Bonchev–Trinajstić information content (AvgIpc) is 3.33. The van der Waals surface area contributed by atoms with E-state index in [-0.39, 0.29) is 23.7 Å². The maximum Gasteiger partial charge on any atom is 0.331 e. The Morgan fingerprint density at radius 3 is 2.53 bits per heavy atom. The third kappa shape index (κ3) is 5.08. The standard InChI is InChI=1S/C24H18Cl2N2O6/c1-32-20-11-15(10-19(26)21(20)34-13-14-4-6-16(25)7-5-14)9-18-22(29)27-24(31)28(23(18)30)12-17-3-2-8-33-17/h2-11H,12-13H2,1H3,(H,27,29,31)/b18-9+. The number of urea groups is 1. The monoisotopic (exact) mass is 500 g/mol. The SMILES string of the molecule is COc1cc(/C=C2\C(=O)NC(=O)N(Cc3ccco3)C2=O)cc(Cl)c1OCc1ccc(Cl)cc1. The van der Waals surface area contributed by atoms with Gasteiger partial charge in [0.1, 0.15) is 17.9 Å². The van der Waals surface area contributed by atoms with E-state index in [9.17, 15) is 14.4 Å². The predicted octanol–water partition coefficient (Wildman–Crippen LogP) is 4.84. The van der Waals surface area contributed by atoms with Gasteiger partial charge in [0.05, 0.1) is 24.9 Å². The summed E-state index contributed by atoms with van der Waals surface area (Å²) in [5.41, 5.74) is 1.05. The second-order valence-electron chi connectivity index (χ2n) is 7.24. The van der Waals surface area contributed by atoms with Crippen LogP contribution in [0.1, 0.15) is 16.9 Å². The van der Waals surface area contributed by atoms with Crippen molar-refractivity contribution in [3.63, 3.8) is 0 Å². The third-order valence-corrected chi connectivity index (χ3v) is 5.47. The average molecular weight is 501 g/mol. The number of methoxy groups -OCH3 is 1. The second kappa shape index (κ2) is 10.0. The highest BCUT2D eigenvalue weighted by molar-refractivity contribution is 6.33. The highest BCUT2D eigenvalue weighted by Crippen LogP contribution is 2.37. The largest absolute Gasteiger partial charge is 0.493 e. The zero-order chi connectivity index (χ0) is 24.2. The van der Waals surface area contributed by atoms with Gasteiger partial charge < -0.3 is 13.9 Å². The fraction of sp³-hybridized carbons (Fsp3) is 0.125. The van der Waals surface area contributed by atoms with Crippen LogP contribution in [-0.4, -0.2) is 29.9 Å². The normalized spacial score (nSPS) is 15.0. The van der Waals surface area contributed by atoms with Gasteiger partial charge in [-0.15, -0.1) is 0 Å². The van der Waals surface area contributed by atoms with Crippen LogP contribution < -0.4 is 14.8 Å². The van der Waals surface area contributed by atoms with Crippen molar-refractivity contribution in [1.82, 2.24) is 10.2 Å². The number of benzene rings is 2. The molecule has 8 nitrogen and oxygen atoms in total. The number of nitrogens with one attached hydrogen (secondary N) is 1. The molecule has 0 atom stereocenters. The summed E-state index contributed by atoms with van der Waals surface area (Å²) in [4.78, 5) is 38.4.